The lowest BCUT2D eigenvalue weighted by Gasteiger charge is -2.21. The van der Waals surface area contributed by atoms with Crippen molar-refractivity contribution in [1.82, 2.24) is 4.90 Å². The third-order valence-electron chi connectivity index (χ3n) is 5.41. The Hall–Kier alpha value is -3.70. The van der Waals surface area contributed by atoms with E-state index in [4.69, 9.17) is 11.6 Å². The fourth-order valence-corrected chi connectivity index (χ4v) is 4.35. The second kappa shape index (κ2) is 6.68. The van der Waals surface area contributed by atoms with Crippen LogP contribution in [0, 0.1) is 0 Å². The van der Waals surface area contributed by atoms with Gasteiger partial charge in [-0.25, -0.2) is 4.90 Å². The number of hydrogen-bond acceptors (Lipinski definition) is 3. The first-order valence-corrected chi connectivity index (χ1v) is 9.73. The number of likely N-dealkylation sites (N-methyl/N-ethyl adjacent to an activating group) is 1. The van der Waals surface area contributed by atoms with Crippen molar-refractivity contribution in [2.45, 2.75) is 0 Å². The third-order valence-corrected chi connectivity index (χ3v) is 5.72. The van der Waals surface area contributed by atoms with Crippen LogP contribution in [0.15, 0.2) is 72.8 Å². The van der Waals surface area contributed by atoms with Gasteiger partial charge in [0, 0.05) is 12.6 Å². The zero-order valence-electron chi connectivity index (χ0n) is 15.9. The first kappa shape index (κ1) is 18.3. The Morgan fingerprint density at radius 3 is 1.90 bits per heavy atom. The predicted molar refractivity (Wildman–Crippen MR) is 115 cm³/mol. The molecule has 0 aromatic heterocycles. The summed E-state index contributed by atoms with van der Waals surface area (Å²) >= 11 is 6.37. The normalized spacial score (nSPS) is 16.8. The lowest BCUT2D eigenvalue weighted by molar-refractivity contribution is -0.112. The molecule has 0 fully saturated rings. The van der Waals surface area contributed by atoms with Crippen LogP contribution < -0.4 is 4.90 Å². The molecule has 6 heteroatoms. The molecule has 0 atom stereocenters. The fraction of sp³-hybridized carbons (Fsp3) is 0.0417. The van der Waals surface area contributed by atoms with Crippen molar-refractivity contribution in [2.24, 2.45) is 0 Å². The van der Waals surface area contributed by atoms with Gasteiger partial charge >= 0.3 is 0 Å². The van der Waals surface area contributed by atoms with E-state index in [-0.39, 0.29) is 17.2 Å². The van der Waals surface area contributed by atoms with Crippen molar-refractivity contribution in [3.05, 3.63) is 100 Å². The van der Waals surface area contributed by atoms with E-state index in [1.165, 1.54) is 4.90 Å². The van der Waals surface area contributed by atoms with Gasteiger partial charge in [-0.15, -0.1) is 0 Å². The van der Waals surface area contributed by atoms with Crippen molar-refractivity contribution < 1.29 is 14.4 Å². The number of halogens is 1. The lowest BCUT2D eigenvalue weighted by atomic mass is 9.99. The largest absolute Gasteiger partial charge is 0.309 e. The van der Waals surface area contributed by atoms with E-state index in [1.54, 1.807) is 73.8 Å². The van der Waals surface area contributed by atoms with Gasteiger partial charge in [-0.3, -0.25) is 14.4 Å². The molecule has 0 aliphatic carbocycles. The minimum absolute atomic E-state index is 0.264. The van der Waals surface area contributed by atoms with Gasteiger partial charge in [0.1, 0.15) is 0 Å². The molecule has 3 aromatic rings. The van der Waals surface area contributed by atoms with Crippen LogP contribution in [-0.4, -0.2) is 29.7 Å². The minimum atomic E-state index is -0.451. The minimum Gasteiger partial charge on any atom is -0.309 e. The molecular formula is C24H15ClN2O3. The number of rotatable bonds is 2. The van der Waals surface area contributed by atoms with Crippen molar-refractivity contribution in [3.8, 4) is 0 Å². The summed E-state index contributed by atoms with van der Waals surface area (Å²) in [6, 6.07) is 20.9. The molecule has 5 rings (SSSR count). The maximum Gasteiger partial charge on any atom is 0.266 e. The Morgan fingerprint density at radius 2 is 1.27 bits per heavy atom. The van der Waals surface area contributed by atoms with Crippen LogP contribution in [0.25, 0.3) is 11.3 Å². The number of amides is 3. The molecule has 2 aliphatic rings. The molecule has 146 valence electrons. The Bertz CT molecular complexity index is 1250. The molecule has 0 saturated carbocycles. The molecule has 0 radical (unpaired) electrons. The van der Waals surface area contributed by atoms with Crippen LogP contribution in [0.3, 0.4) is 0 Å². The molecule has 3 amide bonds. The van der Waals surface area contributed by atoms with Gasteiger partial charge in [0.25, 0.3) is 17.7 Å². The molecule has 30 heavy (non-hydrogen) atoms. The van der Waals surface area contributed by atoms with Gasteiger partial charge in [-0.2, -0.15) is 0 Å². The summed E-state index contributed by atoms with van der Waals surface area (Å²) in [6.45, 7) is 0. The van der Waals surface area contributed by atoms with E-state index >= 15 is 0 Å². The number of anilines is 1. The topological polar surface area (TPSA) is 57.7 Å². The highest BCUT2D eigenvalue weighted by atomic mass is 35.5. The third kappa shape index (κ3) is 2.46. The molecular weight excluding hydrogens is 400 g/mol. The Morgan fingerprint density at radius 1 is 0.700 bits per heavy atom. The second-order valence-corrected chi connectivity index (χ2v) is 7.49. The molecule has 0 saturated heterocycles. The second-order valence-electron chi connectivity index (χ2n) is 7.08. The molecule has 0 N–H and O–H groups in total. The number of benzene rings is 3. The van der Waals surface area contributed by atoms with E-state index in [1.807, 2.05) is 6.07 Å². The van der Waals surface area contributed by atoms with Crippen molar-refractivity contribution in [2.75, 3.05) is 11.9 Å². The number of fused-ring (bicyclic) bond motifs is 2. The van der Waals surface area contributed by atoms with E-state index in [2.05, 4.69) is 0 Å². The van der Waals surface area contributed by atoms with Crippen LogP contribution in [0.1, 0.15) is 31.8 Å². The number of para-hydroxylation sites is 1. The quantitative estimate of drug-likeness (QED) is 0.459. The molecule has 3 aromatic carbocycles. The highest BCUT2D eigenvalue weighted by Gasteiger charge is 2.43. The summed E-state index contributed by atoms with van der Waals surface area (Å²) in [5, 5.41) is 0.424. The van der Waals surface area contributed by atoms with Crippen LogP contribution in [-0.2, 0) is 4.79 Å². The SMILES string of the molecule is CN1C(=O)/C(=C(\c2ccccc2)N2C(=O)c3ccccc3C2=O)c2cccc(Cl)c21. The zero-order valence-corrected chi connectivity index (χ0v) is 16.7. The monoisotopic (exact) mass is 414 g/mol. The molecule has 2 heterocycles. The van der Waals surface area contributed by atoms with Gasteiger partial charge in [0.05, 0.1) is 33.1 Å². The maximum absolute atomic E-state index is 13.3. The Kier molecular flexibility index (Phi) is 4.08. The van der Waals surface area contributed by atoms with E-state index in [0.717, 1.165) is 4.90 Å². The highest BCUT2D eigenvalue weighted by Crippen LogP contribution is 2.45. The molecule has 0 unspecified atom stereocenters. The standard InChI is InChI=1S/C24H15ClN2O3/c1-26-21-17(12-7-13-18(21)25)19(24(26)30)20(14-8-3-2-4-9-14)27-22(28)15-10-5-6-11-16(15)23(27)29/h2-13H,1H3/b20-19+. The fourth-order valence-electron chi connectivity index (χ4n) is 4.04. The summed E-state index contributed by atoms with van der Waals surface area (Å²) in [5.41, 5.74) is 2.92. The number of carbonyl (C=O) groups is 3. The van der Waals surface area contributed by atoms with Gasteiger partial charge in [-0.1, -0.05) is 66.2 Å². The summed E-state index contributed by atoms with van der Waals surface area (Å²) in [4.78, 5) is 42.4. The van der Waals surface area contributed by atoms with E-state index in [9.17, 15) is 14.4 Å². The number of carbonyl (C=O) groups excluding carboxylic acids is 3. The van der Waals surface area contributed by atoms with Crippen LogP contribution >= 0.6 is 11.6 Å². The highest BCUT2D eigenvalue weighted by molar-refractivity contribution is 6.44. The number of hydrogen-bond donors (Lipinski definition) is 0. The number of nitrogens with zero attached hydrogens (tertiary/aromatic N) is 2. The van der Waals surface area contributed by atoms with Crippen molar-refractivity contribution >= 4 is 46.3 Å². The van der Waals surface area contributed by atoms with Gasteiger partial charge in [-0.05, 0) is 23.8 Å². The summed E-state index contributed by atoms with van der Waals surface area (Å²) in [7, 11) is 1.63. The first-order chi connectivity index (χ1) is 14.5. The molecule has 5 nitrogen and oxygen atoms in total. The lowest BCUT2D eigenvalue weighted by Crippen LogP contribution is -2.31. The van der Waals surface area contributed by atoms with Crippen molar-refractivity contribution in [1.29, 1.82) is 0 Å². The Balaban J connectivity index is 1.84. The summed E-state index contributed by atoms with van der Waals surface area (Å²) < 4.78 is 0. The summed E-state index contributed by atoms with van der Waals surface area (Å²) in [6.07, 6.45) is 0. The van der Waals surface area contributed by atoms with Gasteiger partial charge < -0.3 is 4.90 Å². The average molecular weight is 415 g/mol. The Labute approximate surface area is 177 Å². The van der Waals surface area contributed by atoms with Crippen LogP contribution in [0.4, 0.5) is 5.69 Å². The average Bonchev–Trinajstić information content (AvgIpc) is 3.17. The van der Waals surface area contributed by atoms with Crippen LogP contribution in [0.5, 0.6) is 0 Å². The zero-order chi connectivity index (χ0) is 21.0. The maximum atomic E-state index is 13.3. The number of imide groups is 1. The molecule has 0 bridgehead atoms. The summed E-state index contributed by atoms with van der Waals surface area (Å²) in [5.74, 6) is -1.23. The van der Waals surface area contributed by atoms with E-state index < -0.39 is 11.8 Å². The smallest absolute Gasteiger partial charge is 0.266 e. The first-order valence-electron chi connectivity index (χ1n) is 9.35. The molecule has 2 aliphatic heterocycles. The molecule has 0 spiro atoms. The van der Waals surface area contributed by atoms with Gasteiger partial charge in [0.15, 0.2) is 0 Å². The predicted octanol–water partition coefficient (Wildman–Crippen LogP) is 4.48. The van der Waals surface area contributed by atoms with Crippen molar-refractivity contribution in [3.63, 3.8) is 0 Å². The van der Waals surface area contributed by atoms with E-state index in [0.29, 0.717) is 33.0 Å². The van der Waals surface area contributed by atoms with Crippen LogP contribution in [0.2, 0.25) is 5.02 Å². The van der Waals surface area contributed by atoms with Gasteiger partial charge in [0.2, 0.25) is 0 Å².